The van der Waals surface area contributed by atoms with E-state index in [1.165, 1.54) is 24.0 Å². The van der Waals surface area contributed by atoms with Crippen LogP contribution in [0.15, 0.2) is 18.2 Å². The van der Waals surface area contributed by atoms with Crippen molar-refractivity contribution < 1.29 is 4.74 Å². The fourth-order valence-electron chi connectivity index (χ4n) is 2.25. The van der Waals surface area contributed by atoms with Crippen LogP contribution < -0.4 is 10.1 Å². The number of methoxy groups -OCH3 is 1. The van der Waals surface area contributed by atoms with Crippen molar-refractivity contribution in [3.63, 3.8) is 0 Å². The molecule has 0 bridgehead atoms. The van der Waals surface area contributed by atoms with E-state index in [1.807, 2.05) is 7.05 Å². The van der Waals surface area contributed by atoms with E-state index in [1.54, 1.807) is 7.11 Å². The summed E-state index contributed by atoms with van der Waals surface area (Å²) in [4.78, 5) is 0. The zero-order valence-corrected chi connectivity index (χ0v) is 8.84. The van der Waals surface area contributed by atoms with Gasteiger partial charge in [-0.25, -0.2) is 0 Å². The standard InChI is InChI=1S/C12H17NO/c1-13-8-10-4-3-9-5-6-11(14-2)7-12(9)10/h5-7,10,13H,3-4,8H2,1-2H3. The van der Waals surface area contributed by atoms with Gasteiger partial charge in [0.25, 0.3) is 0 Å². The zero-order chi connectivity index (χ0) is 9.97. The highest BCUT2D eigenvalue weighted by molar-refractivity contribution is 5.41. The minimum atomic E-state index is 0.671. The average Bonchev–Trinajstić information content (AvgIpc) is 2.61. The minimum absolute atomic E-state index is 0.671. The summed E-state index contributed by atoms with van der Waals surface area (Å²) in [6.45, 7) is 1.07. The third kappa shape index (κ3) is 1.62. The molecule has 1 unspecified atom stereocenters. The fourth-order valence-corrected chi connectivity index (χ4v) is 2.25. The molecule has 2 nitrogen and oxygen atoms in total. The Labute approximate surface area is 85.3 Å². The zero-order valence-electron chi connectivity index (χ0n) is 8.84. The van der Waals surface area contributed by atoms with Crippen LogP contribution in [-0.4, -0.2) is 20.7 Å². The summed E-state index contributed by atoms with van der Waals surface area (Å²) in [5.74, 6) is 1.65. The SMILES string of the molecule is CNCC1CCc2ccc(OC)cc21. The van der Waals surface area contributed by atoms with Gasteiger partial charge in [0, 0.05) is 6.54 Å². The number of aryl methyl sites for hydroxylation is 1. The number of ether oxygens (including phenoxy) is 1. The van der Waals surface area contributed by atoms with Crippen molar-refractivity contribution in [2.75, 3.05) is 20.7 Å². The summed E-state index contributed by atoms with van der Waals surface area (Å²) in [6, 6.07) is 6.44. The second kappa shape index (κ2) is 4.01. The maximum Gasteiger partial charge on any atom is 0.119 e. The molecule has 0 aromatic heterocycles. The molecule has 1 N–H and O–H groups in total. The number of rotatable bonds is 3. The van der Waals surface area contributed by atoms with Gasteiger partial charge in [-0.15, -0.1) is 0 Å². The molecule has 1 atom stereocenters. The Morgan fingerprint density at radius 3 is 3.07 bits per heavy atom. The van der Waals surface area contributed by atoms with Crippen LogP contribution in [0.5, 0.6) is 5.75 Å². The monoisotopic (exact) mass is 191 g/mol. The summed E-state index contributed by atoms with van der Waals surface area (Å²) in [6.07, 6.45) is 2.48. The molecule has 2 heteroatoms. The third-order valence-electron chi connectivity index (χ3n) is 3.01. The molecule has 0 radical (unpaired) electrons. The largest absolute Gasteiger partial charge is 0.497 e. The number of nitrogens with one attached hydrogen (secondary N) is 1. The molecule has 1 aromatic carbocycles. The molecule has 14 heavy (non-hydrogen) atoms. The highest BCUT2D eigenvalue weighted by atomic mass is 16.5. The average molecular weight is 191 g/mol. The van der Waals surface area contributed by atoms with E-state index in [4.69, 9.17) is 4.74 Å². The van der Waals surface area contributed by atoms with Gasteiger partial charge in [-0.3, -0.25) is 0 Å². The molecule has 0 aliphatic heterocycles. The van der Waals surface area contributed by atoms with Gasteiger partial charge in [0.15, 0.2) is 0 Å². The van der Waals surface area contributed by atoms with Crippen LogP contribution in [0.1, 0.15) is 23.5 Å². The summed E-state index contributed by atoms with van der Waals surface area (Å²) in [5.41, 5.74) is 2.96. The van der Waals surface area contributed by atoms with Gasteiger partial charge in [-0.1, -0.05) is 6.07 Å². The predicted octanol–water partition coefficient (Wildman–Crippen LogP) is 1.94. The second-order valence-electron chi connectivity index (χ2n) is 3.86. The van der Waals surface area contributed by atoms with E-state index in [0.717, 1.165) is 12.3 Å². The fraction of sp³-hybridized carbons (Fsp3) is 0.500. The van der Waals surface area contributed by atoms with Gasteiger partial charge in [0.1, 0.15) is 5.75 Å². The first-order valence-corrected chi connectivity index (χ1v) is 5.16. The molecule has 0 fully saturated rings. The molecular formula is C12H17NO. The van der Waals surface area contributed by atoms with Gasteiger partial charge >= 0.3 is 0 Å². The van der Waals surface area contributed by atoms with Crippen molar-refractivity contribution in [2.45, 2.75) is 18.8 Å². The molecule has 0 amide bonds. The Kier molecular flexibility index (Phi) is 2.73. The van der Waals surface area contributed by atoms with Crippen LogP contribution >= 0.6 is 0 Å². The van der Waals surface area contributed by atoms with Gasteiger partial charge in [0.05, 0.1) is 7.11 Å². The number of hydrogen-bond acceptors (Lipinski definition) is 2. The smallest absolute Gasteiger partial charge is 0.119 e. The maximum atomic E-state index is 5.25. The van der Waals surface area contributed by atoms with Gasteiger partial charge < -0.3 is 10.1 Å². The third-order valence-corrected chi connectivity index (χ3v) is 3.01. The molecule has 0 saturated carbocycles. The first-order chi connectivity index (χ1) is 6.85. The molecule has 0 saturated heterocycles. The van der Waals surface area contributed by atoms with Crippen molar-refractivity contribution in [2.24, 2.45) is 0 Å². The normalized spacial score (nSPS) is 19.4. The number of fused-ring (bicyclic) bond motifs is 1. The Morgan fingerprint density at radius 1 is 1.50 bits per heavy atom. The maximum absolute atomic E-state index is 5.25. The van der Waals surface area contributed by atoms with Gasteiger partial charge in [-0.05, 0) is 49.1 Å². The van der Waals surface area contributed by atoms with Crippen LogP contribution in [0.3, 0.4) is 0 Å². The molecule has 0 heterocycles. The van der Waals surface area contributed by atoms with Crippen molar-refractivity contribution in [1.82, 2.24) is 5.32 Å². The van der Waals surface area contributed by atoms with E-state index in [-0.39, 0.29) is 0 Å². The molecule has 1 aliphatic carbocycles. The molecule has 0 spiro atoms. The van der Waals surface area contributed by atoms with E-state index in [2.05, 4.69) is 23.5 Å². The number of benzene rings is 1. The van der Waals surface area contributed by atoms with Crippen LogP contribution in [0.4, 0.5) is 0 Å². The van der Waals surface area contributed by atoms with Crippen molar-refractivity contribution >= 4 is 0 Å². The first-order valence-electron chi connectivity index (χ1n) is 5.16. The van der Waals surface area contributed by atoms with E-state index in [0.29, 0.717) is 5.92 Å². The topological polar surface area (TPSA) is 21.3 Å². The van der Waals surface area contributed by atoms with Crippen LogP contribution in [-0.2, 0) is 6.42 Å². The molecular weight excluding hydrogens is 174 g/mol. The molecule has 1 aliphatic rings. The molecule has 1 aromatic rings. The van der Waals surface area contributed by atoms with Crippen molar-refractivity contribution in [1.29, 1.82) is 0 Å². The number of hydrogen-bond donors (Lipinski definition) is 1. The van der Waals surface area contributed by atoms with Crippen LogP contribution in [0.2, 0.25) is 0 Å². The lowest BCUT2D eigenvalue weighted by Gasteiger charge is -2.11. The lowest BCUT2D eigenvalue weighted by molar-refractivity contribution is 0.414. The highest BCUT2D eigenvalue weighted by Crippen LogP contribution is 2.34. The minimum Gasteiger partial charge on any atom is -0.497 e. The molecule has 76 valence electrons. The molecule has 2 rings (SSSR count). The second-order valence-corrected chi connectivity index (χ2v) is 3.86. The first kappa shape index (κ1) is 9.53. The Bertz CT molecular complexity index is 320. The van der Waals surface area contributed by atoms with Crippen LogP contribution in [0.25, 0.3) is 0 Å². The number of likely N-dealkylation sites (N-methyl/N-ethyl adjacent to an activating group) is 1. The lowest BCUT2D eigenvalue weighted by atomic mass is 10.0. The van der Waals surface area contributed by atoms with E-state index in [9.17, 15) is 0 Å². The lowest BCUT2D eigenvalue weighted by Crippen LogP contribution is -2.15. The quantitative estimate of drug-likeness (QED) is 0.788. The summed E-state index contributed by atoms with van der Waals surface area (Å²) in [7, 11) is 3.74. The Balaban J connectivity index is 2.27. The predicted molar refractivity (Wildman–Crippen MR) is 58.0 cm³/mol. The van der Waals surface area contributed by atoms with E-state index < -0.39 is 0 Å². The van der Waals surface area contributed by atoms with E-state index >= 15 is 0 Å². The Morgan fingerprint density at radius 2 is 2.36 bits per heavy atom. The van der Waals surface area contributed by atoms with Crippen LogP contribution in [0, 0.1) is 0 Å². The summed E-state index contributed by atoms with van der Waals surface area (Å²) >= 11 is 0. The van der Waals surface area contributed by atoms with Gasteiger partial charge in [-0.2, -0.15) is 0 Å². The van der Waals surface area contributed by atoms with Gasteiger partial charge in [0.2, 0.25) is 0 Å². The summed E-state index contributed by atoms with van der Waals surface area (Å²) in [5, 5.41) is 3.25. The summed E-state index contributed by atoms with van der Waals surface area (Å²) < 4.78 is 5.25. The highest BCUT2D eigenvalue weighted by Gasteiger charge is 2.21. The Hall–Kier alpha value is -1.02. The van der Waals surface area contributed by atoms with Crippen molar-refractivity contribution in [3.8, 4) is 5.75 Å². The van der Waals surface area contributed by atoms with Crippen molar-refractivity contribution in [3.05, 3.63) is 29.3 Å².